The van der Waals surface area contributed by atoms with Crippen LogP contribution in [0.25, 0.3) is 0 Å². The topological polar surface area (TPSA) is 122 Å². The Morgan fingerprint density at radius 2 is 1.89 bits per heavy atom. The first kappa shape index (κ1) is 27.6. The zero-order chi connectivity index (χ0) is 27.4. The number of ether oxygens (including phenoxy) is 1. The Labute approximate surface area is 224 Å². The van der Waals surface area contributed by atoms with Gasteiger partial charge < -0.3 is 20.3 Å². The summed E-state index contributed by atoms with van der Waals surface area (Å²) in [7, 11) is 0. The van der Waals surface area contributed by atoms with E-state index in [1.54, 1.807) is 12.1 Å². The second kappa shape index (κ2) is 11.6. The first-order valence-corrected chi connectivity index (χ1v) is 13.5. The van der Waals surface area contributed by atoms with Crippen molar-refractivity contribution in [1.82, 2.24) is 15.1 Å². The largest absolute Gasteiger partial charge is 0.444 e. The van der Waals surface area contributed by atoms with E-state index in [-0.39, 0.29) is 36.4 Å². The highest BCUT2D eigenvalue weighted by Crippen LogP contribution is 2.29. The molecular weight excluding hydrogens is 484 g/mol. The number of benzene rings is 1. The Morgan fingerprint density at radius 1 is 1.16 bits per heavy atom. The van der Waals surface area contributed by atoms with E-state index in [0.717, 1.165) is 36.8 Å². The first-order valence-electron chi connectivity index (χ1n) is 13.5. The summed E-state index contributed by atoms with van der Waals surface area (Å²) < 4.78 is 5.68. The van der Waals surface area contributed by atoms with Crippen LogP contribution in [0, 0.1) is 11.8 Å². The third kappa shape index (κ3) is 6.54. The Balaban J connectivity index is 1.39. The van der Waals surface area contributed by atoms with Crippen molar-refractivity contribution >= 4 is 23.8 Å². The minimum atomic E-state index is -0.651. The van der Waals surface area contributed by atoms with Gasteiger partial charge in [-0.25, -0.2) is 4.79 Å². The summed E-state index contributed by atoms with van der Waals surface area (Å²) in [6.07, 6.45) is 5.09. The Morgan fingerprint density at radius 3 is 2.58 bits per heavy atom. The van der Waals surface area contributed by atoms with Crippen molar-refractivity contribution in [2.75, 3.05) is 6.54 Å². The number of nitrogens with one attached hydrogen (secondary N) is 1. The standard InChI is InChI=1S/C29H38N4O5/c1-29(2,3)38-28(37)32(21-13-11-20(30)12-14-21)17-6-4-5-8-19-9-7-10-22-23(19)18-33(27(22)36)24-15-16-25(34)31-26(24)35/h7,9-10,20-21,24H,4,6,11-18,30H2,1-3H3,(H,31,34,35)/t20-,21+,24?. The molecule has 1 unspecified atom stereocenters. The van der Waals surface area contributed by atoms with Gasteiger partial charge in [0, 0.05) is 49.1 Å². The van der Waals surface area contributed by atoms with Crippen LogP contribution in [0.15, 0.2) is 18.2 Å². The first-order chi connectivity index (χ1) is 18.0. The molecule has 204 valence electrons. The quantitative estimate of drug-likeness (QED) is 0.348. The van der Waals surface area contributed by atoms with Crippen molar-refractivity contribution in [2.24, 2.45) is 5.73 Å². The van der Waals surface area contributed by atoms with Gasteiger partial charge in [0.2, 0.25) is 11.8 Å². The van der Waals surface area contributed by atoms with Crippen LogP contribution in [-0.4, -0.2) is 63.9 Å². The van der Waals surface area contributed by atoms with Crippen LogP contribution in [0.3, 0.4) is 0 Å². The molecule has 3 N–H and O–H groups in total. The molecule has 0 bridgehead atoms. The van der Waals surface area contributed by atoms with E-state index in [0.29, 0.717) is 37.9 Å². The molecule has 2 aliphatic heterocycles. The van der Waals surface area contributed by atoms with Crippen molar-refractivity contribution in [3.8, 4) is 11.8 Å². The van der Waals surface area contributed by atoms with Crippen LogP contribution in [-0.2, 0) is 20.9 Å². The van der Waals surface area contributed by atoms with Gasteiger partial charge >= 0.3 is 6.09 Å². The molecule has 1 atom stereocenters. The number of carbonyl (C=O) groups is 4. The number of hydrogen-bond acceptors (Lipinski definition) is 6. The van der Waals surface area contributed by atoms with Crippen molar-refractivity contribution in [3.63, 3.8) is 0 Å². The molecule has 1 aromatic carbocycles. The normalized spacial score (nSPS) is 23.3. The highest BCUT2D eigenvalue weighted by molar-refractivity contribution is 6.05. The SMILES string of the molecule is CC(C)(C)OC(=O)N(CCCC#Cc1cccc2c1CN(C1CCC(=O)NC1=O)C2=O)[C@H]1CC[C@@H](N)CC1. The van der Waals surface area contributed by atoms with Crippen molar-refractivity contribution in [3.05, 3.63) is 34.9 Å². The maximum Gasteiger partial charge on any atom is 0.410 e. The van der Waals surface area contributed by atoms with Gasteiger partial charge in [-0.1, -0.05) is 17.9 Å². The highest BCUT2D eigenvalue weighted by Gasteiger charge is 2.39. The number of piperidine rings is 1. The van der Waals surface area contributed by atoms with E-state index >= 15 is 0 Å². The number of unbranched alkanes of at least 4 members (excludes halogenated alkanes) is 1. The smallest absolute Gasteiger partial charge is 0.410 e. The third-order valence-corrected chi connectivity index (χ3v) is 7.32. The van der Waals surface area contributed by atoms with Gasteiger partial charge in [-0.05, 0) is 77.0 Å². The molecule has 2 heterocycles. The molecule has 1 saturated carbocycles. The summed E-state index contributed by atoms with van der Waals surface area (Å²) in [4.78, 5) is 53.2. The van der Waals surface area contributed by atoms with Gasteiger partial charge in [0.1, 0.15) is 11.6 Å². The molecule has 9 heteroatoms. The summed E-state index contributed by atoms with van der Waals surface area (Å²) in [5.74, 6) is 5.46. The summed E-state index contributed by atoms with van der Waals surface area (Å²) in [5, 5.41) is 2.33. The Hall–Kier alpha value is -3.38. The molecule has 1 aromatic rings. The van der Waals surface area contributed by atoms with Gasteiger partial charge in [0.15, 0.2) is 0 Å². The molecule has 38 heavy (non-hydrogen) atoms. The fraction of sp³-hybridized carbons (Fsp3) is 0.586. The molecule has 0 spiro atoms. The molecular formula is C29H38N4O5. The molecule has 3 aliphatic rings. The van der Waals surface area contributed by atoms with Crippen LogP contribution < -0.4 is 11.1 Å². The van der Waals surface area contributed by atoms with E-state index in [4.69, 9.17) is 10.5 Å². The number of hydrogen-bond donors (Lipinski definition) is 2. The molecule has 0 radical (unpaired) electrons. The van der Waals surface area contributed by atoms with Crippen LogP contribution in [0.2, 0.25) is 0 Å². The molecule has 1 saturated heterocycles. The van der Waals surface area contributed by atoms with E-state index in [2.05, 4.69) is 17.2 Å². The van der Waals surface area contributed by atoms with Gasteiger partial charge in [-0.15, -0.1) is 0 Å². The fourth-order valence-electron chi connectivity index (χ4n) is 5.36. The van der Waals surface area contributed by atoms with Crippen molar-refractivity contribution in [1.29, 1.82) is 0 Å². The maximum atomic E-state index is 13.0. The number of imide groups is 1. The van der Waals surface area contributed by atoms with Crippen LogP contribution in [0.5, 0.6) is 0 Å². The lowest BCUT2D eigenvalue weighted by molar-refractivity contribution is -0.136. The third-order valence-electron chi connectivity index (χ3n) is 7.32. The number of nitrogens with two attached hydrogens (primary N) is 1. The maximum absolute atomic E-state index is 13.0. The average molecular weight is 523 g/mol. The minimum Gasteiger partial charge on any atom is -0.444 e. The summed E-state index contributed by atoms with van der Waals surface area (Å²) in [5.41, 5.74) is 7.63. The minimum absolute atomic E-state index is 0.124. The van der Waals surface area contributed by atoms with Crippen LogP contribution in [0.1, 0.15) is 93.6 Å². The molecule has 4 rings (SSSR count). The Bertz CT molecular complexity index is 1150. The zero-order valence-corrected chi connectivity index (χ0v) is 22.5. The summed E-state index contributed by atoms with van der Waals surface area (Å²) >= 11 is 0. The fourth-order valence-corrected chi connectivity index (χ4v) is 5.36. The van der Waals surface area contributed by atoms with E-state index in [1.165, 1.54) is 4.90 Å². The highest BCUT2D eigenvalue weighted by atomic mass is 16.6. The van der Waals surface area contributed by atoms with E-state index < -0.39 is 17.6 Å². The number of carbonyl (C=O) groups excluding carboxylic acids is 4. The lowest BCUT2D eigenvalue weighted by Gasteiger charge is -2.37. The predicted octanol–water partition coefficient (Wildman–Crippen LogP) is 3.09. The monoisotopic (exact) mass is 522 g/mol. The summed E-state index contributed by atoms with van der Waals surface area (Å²) in [6.45, 7) is 6.46. The van der Waals surface area contributed by atoms with Crippen LogP contribution in [0.4, 0.5) is 4.79 Å². The molecule has 1 aliphatic carbocycles. The van der Waals surface area contributed by atoms with Gasteiger partial charge in [0.05, 0.1) is 0 Å². The van der Waals surface area contributed by atoms with E-state index in [9.17, 15) is 19.2 Å². The lowest BCUT2D eigenvalue weighted by Crippen LogP contribution is -2.52. The molecule has 9 nitrogen and oxygen atoms in total. The van der Waals surface area contributed by atoms with E-state index in [1.807, 2.05) is 31.7 Å². The predicted molar refractivity (Wildman–Crippen MR) is 142 cm³/mol. The Kier molecular flexibility index (Phi) is 8.41. The second-order valence-corrected chi connectivity index (χ2v) is 11.4. The second-order valence-electron chi connectivity index (χ2n) is 11.4. The number of rotatable bonds is 5. The van der Waals surface area contributed by atoms with Gasteiger partial charge in [-0.2, -0.15) is 0 Å². The molecule has 0 aromatic heterocycles. The molecule has 2 fully saturated rings. The number of nitrogens with zero attached hydrogens (tertiary/aromatic N) is 2. The van der Waals surface area contributed by atoms with Crippen molar-refractivity contribution in [2.45, 2.75) is 102 Å². The molecule has 4 amide bonds. The van der Waals surface area contributed by atoms with Crippen molar-refractivity contribution < 1.29 is 23.9 Å². The van der Waals surface area contributed by atoms with Gasteiger partial charge in [-0.3, -0.25) is 19.7 Å². The number of fused-ring (bicyclic) bond motifs is 1. The number of amides is 4. The average Bonchev–Trinajstić information content (AvgIpc) is 3.18. The lowest BCUT2D eigenvalue weighted by atomic mass is 9.91. The zero-order valence-electron chi connectivity index (χ0n) is 22.5. The van der Waals surface area contributed by atoms with Gasteiger partial charge in [0.25, 0.3) is 5.91 Å². The summed E-state index contributed by atoms with van der Waals surface area (Å²) in [6, 6.07) is 5.10. The van der Waals surface area contributed by atoms with Crippen LogP contribution >= 0.6 is 0 Å².